The van der Waals surface area contributed by atoms with E-state index in [1.54, 1.807) is 51.1 Å². The Morgan fingerprint density at radius 3 is 2.52 bits per heavy atom. The minimum absolute atomic E-state index is 0.00473. The average Bonchev–Trinajstić information content (AvgIpc) is 2.48. The number of benzene rings is 1. The molecule has 0 radical (unpaired) electrons. The smallest absolute Gasteiger partial charge is 0.410 e. The monoisotopic (exact) mass is 373 g/mol. The molecule has 0 saturated carbocycles. The number of piperidine rings is 1. The van der Waals surface area contributed by atoms with E-state index in [1.165, 1.54) is 4.90 Å². The fourth-order valence-electron chi connectivity index (χ4n) is 2.47. The SMILES string of the molecule is CC(C)(C)OC(=O)N1CC[C@@H](F)[C@H](OS(=O)(=O)Cc2ccccc2)C1. The molecule has 1 heterocycles. The number of rotatable bonds is 4. The molecule has 0 aromatic heterocycles. The van der Waals surface area contributed by atoms with Crippen molar-refractivity contribution in [3.63, 3.8) is 0 Å². The lowest BCUT2D eigenvalue weighted by atomic mass is 10.1. The molecule has 0 N–H and O–H groups in total. The number of carbonyl (C=O) groups is 1. The van der Waals surface area contributed by atoms with Gasteiger partial charge >= 0.3 is 6.09 Å². The topological polar surface area (TPSA) is 72.9 Å². The zero-order chi connectivity index (χ0) is 18.7. The third-order valence-electron chi connectivity index (χ3n) is 3.59. The molecule has 0 unspecified atom stereocenters. The first-order valence-corrected chi connectivity index (χ1v) is 9.70. The molecule has 0 spiro atoms. The van der Waals surface area contributed by atoms with Gasteiger partial charge in [0.1, 0.15) is 23.6 Å². The van der Waals surface area contributed by atoms with Crippen LogP contribution >= 0.6 is 0 Å². The van der Waals surface area contributed by atoms with Crippen molar-refractivity contribution in [1.29, 1.82) is 0 Å². The van der Waals surface area contributed by atoms with Crippen LogP contribution in [0.25, 0.3) is 0 Å². The molecule has 2 rings (SSSR count). The first-order valence-electron chi connectivity index (χ1n) is 8.13. The van der Waals surface area contributed by atoms with E-state index in [9.17, 15) is 17.6 Å². The Kier molecular flexibility index (Phi) is 6.05. The lowest BCUT2D eigenvalue weighted by Gasteiger charge is -2.35. The van der Waals surface area contributed by atoms with Crippen LogP contribution in [0.1, 0.15) is 32.8 Å². The van der Waals surface area contributed by atoms with Gasteiger partial charge in [0.2, 0.25) is 0 Å². The number of ether oxygens (including phenoxy) is 1. The van der Waals surface area contributed by atoms with Gasteiger partial charge in [-0.25, -0.2) is 9.18 Å². The first-order chi connectivity index (χ1) is 11.6. The summed E-state index contributed by atoms with van der Waals surface area (Å²) >= 11 is 0. The molecule has 1 aromatic rings. The maximum Gasteiger partial charge on any atom is 0.410 e. The summed E-state index contributed by atoms with van der Waals surface area (Å²) in [5.74, 6) is -0.344. The van der Waals surface area contributed by atoms with Crippen LogP contribution in [0.15, 0.2) is 30.3 Å². The van der Waals surface area contributed by atoms with E-state index in [2.05, 4.69) is 0 Å². The predicted octanol–water partition coefficient (Wildman–Crippen LogP) is 2.88. The zero-order valence-electron chi connectivity index (χ0n) is 14.6. The van der Waals surface area contributed by atoms with Crippen molar-refractivity contribution in [2.24, 2.45) is 0 Å². The van der Waals surface area contributed by atoms with Crippen LogP contribution in [-0.2, 0) is 24.8 Å². The molecule has 8 heteroatoms. The Bertz CT molecular complexity index is 687. The Morgan fingerprint density at radius 2 is 1.92 bits per heavy atom. The van der Waals surface area contributed by atoms with E-state index >= 15 is 0 Å². The number of likely N-dealkylation sites (tertiary alicyclic amines) is 1. The van der Waals surface area contributed by atoms with Crippen molar-refractivity contribution in [1.82, 2.24) is 4.90 Å². The van der Waals surface area contributed by atoms with Crippen LogP contribution < -0.4 is 0 Å². The van der Waals surface area contributed by atoms with Gasteiger partial charge in [0.25, 0.3) is 10.1 Å². The molecule has 1 fully saturated rings. The van der Waals surface area contributed by atoms with Gasteiger partial charge < -0.3 is 9.64 Å². The highest BCUT2D eigenvalue weighted by Crippen LogP contribution is 2.22. The van der Waals surface area contributed by atoms with Crippen molar-refractivity contribution < 1.29 is 26.5 Å². The van der Waals surface area contributed by atoms with Gasteiger partial charge in [-0.05, 0) is 32.8 Å². The van der Waals surface area contributed by atoms with E-state index in [4.69, 9.17) is 8.92 Å². The summed E-state index contributed by atoms with van der Waals surface area (Å²) in [4.78, 5) is 13.4. The van der Waals surface area contributed by atoms with Gasteiger partial charge in [0.05, 0.1) is 6.54 Å². The quantitative estimate of drug-likeness (QED) is 0.759. The Labute approximate surface area is 148 Å². The molecular weight excluding hydrogens is 349 g/mol. The third-order valence-corrected chi connectivity index (χ3v) is 4.81. The minimum atomic E-state index is -3.97. The molecule has 1 aromatic carbocycles. The van der Waals surface area contributed by atoms with Gasteiger partial charge in [0.15, 0.2) is 0 Å². The second kappa shape index (κ2) is 7.70. The molecule has 6 nitrogen and oxygen atoms in total. The zero-order valence-corrected chi connectivity index (χ0v) is 15.5. The fourth-order valence-corrected chi connectivity index (χ4v) is 3.70. The van der Waals surface area contributed by atoms with Crippen molar-refractivity contribution in [2.45, 2.75) is 50.8 Å². The van der Waals surface area contributed by atoms with Gasteiger partial charge in [-0.1, -0.05) is 30.3 Å². The number of halogens is 1. The molecule has 1 saturated heterocycles. The van der Waals surface area contributed by atoms with Gasteiger partial charge in [-0.15, -0.1) is 0 Å². The highest BCUT2D eigenvalue weighted by atomic mass is 32.2. The molecule has 1 amide bonds. The van der Waals surface area contributed by atoms with Crippen molar-refractivity contribution in [3.8, 4) is 0 Å². The van der Waals surface area contributed by atoms with Gasteiger partial charge in [-0.3, -0.25) is 4.18 Å². The minimum Gasteiger partial charge on any atom is -0.444 e. The highest BCUT2D eigenvalue weighted by molar-refractivity contribution is 7.85. The Morgan fingerprint density at radius 1 is 1.28 bits per heavy atom. The summed E-state index contributed by atoms with van der Waals surface area (Å²) < 4.78 is 48.8. The largest absolute Gasteiger partial charge is 0.444 e. The fraction of sp³-hybridized carbons (Fsp3) is 0.588. The third kappa shape index (κ3) is 6.28. The number of hydrogen-bond acceptors (Lipinski definition) is 5. The van der Waals surface area contributed by atoms with E-state index in [1.807, 2.05) is 0 Å². The summed E-state index contributed by atoms with van der Waals surface area (Å²) in [5.41, 5.74) is -0.128. The molecule has 140 valence electrons. The lowest BCUT2D eigenvalue weighted by Crippen LogP contribution is -2.50. The number of carbonyl (C=O) groups excluding carboxylic acids is 1. The normalized spacial score (nSPS) is 21.8. The number of nitrogens with zero attached hydrogens (tertiary/aromatic N) is 1. The maximum atomic E-state index is 14.1. The molecule has 25 heavy (non-hydrogen) atoms. The van der Waals surface area contributed by atoms with Crippen LogP contribution in [-0.4, -0.2) is 50.4 Å². The summed E-state index contributed by atoms with van der Waals surface area (Å²) in [6, 6.07) is 8.51. The summed E-state index contributed by atoms with van der Waals surface area (Å²) in [7, 11) is -3.97. The number of amides is 1. The van der Waals surface area contributed by atoms with E-state index in [0.717, 1.165) is 0 Å². The van der Waals surface area contributed by atoms with Crippen molar-refractivity contribution in [3.05, 3.63) is 35.9 Å². The van der Waals surface area contributed by atoms with Crippen LogP contribution in [0.3, 0.4) is 0 Å². The van der Waals surface area contributed by atoms with Gasteiger partial charge in [-0.2, -0.15) is 8.42 Å². The van der Waals surface area contributed by atoms with E-state index < -0.39 is 34.1 Å². The van der Waals surface area contributed by atoms with Crippen LogP contribution in [0.5, 0.6) is 0 Å². The number of hydrogen-bond donors (Lipinski definition) is 0. The lowest BCUT2D eigenvalue weighted by molar-refractivity contribution is -0.0109. The van der Waals surface area contributed by atoms with Gasteiger partial charge in [0, 0.05) is 6.54 Å². The van der Waals surface area contributed by atoms with Crippen LogP contribution in [0.4, 0.5) is 9.18 Å². The average molecular weight is 373 g/mol. The van der Waals surface area contributed by atoms with Crippen molar-refractivity contribution in [2.75, 3.05) is 13.1 Å². The molecule has 0 bridgehead atoms. The first kappa shape index (κ1) is 19.7. The van der Waals surface area contributed by atoms with E-state index in [-0.39, 0.29) is 25.3 Å². The van der Waals surface area contributed by atoms with E-state index in [0.29, 0.717) is 5.56 Å². The van der Waals surface area contributed by atoms with Crippen LogP contribution in [0.2, 0.25) is 0 Å². The molecule has 1 aliphatic rings. The highest BCUT2D eigenvalue weighted by Gasteiger charge is 2.37. The standard InChI is InChI=1S/C17H24FNO5S/c1-17(2,3)23-16(20)19-10-9-14(18)15(11-19)24-25(21,22)12-13-7-5-4-6-8-13/h4-8,14-15H,9-12H2,1-3H3/t14-,15-/m1/s1. The molecular formula is C17H24FNO5S. The second-order valence-corrected chi connectivity index (χ2v) is 8.65. The summed E-state index contributed by atoms with van der Waals surface area (Å²) in [6.07, 6.45) is -3.28. The van der Waals surface area contributed by atoms with Crippen LogP contribution in [0, 0.1) is 0 Å². The summed E-state index contributed by atoms with van der Waals surface area (Å²) in [6.45, 7) is 5.18. The number of alkyl halides is 1. The summed E-state index contributed by atoms with van der Waals surface area (Å²) in [5, 5.41) is 0. The second-order valence-electron chi connectivity index (χ2n) is 7.05. The molecule has 0 aliphatic carbocycles. The Hall–Kier alpha value is -1.67. The predicted molar refractivity (Wildman–Crippen MR) is 91.3 cm³/mol. The maximum absolute atomic E-state index is 14.1. The molecule has 1 aliphatic heterocycles. The van der Waals surface area contributed by atoms with Crippen molar-refractivity contribution >= 4 is 16.2 Å². The Balaban J connectivity index is 2.01. The molecule has 2 atom stereocenters.